The zero-order valence-electron chi connectivity index (χ0n) is 12.1. The van der Waals surface area contributed by atoms with Crippen molar-refractivity contribution in [3.05, 3.63) is 24.2 Å². The molecule has 0 radical (unpaired) electrons. The van der Waals surface area contributed by atoms with Crippen LogP contribution in [0.4, 0.5) is 0 Å². The van der Waals surface area contributed by atoms with Crippen molar-refractivity contribution < 1.29 is 19.1 Å². The van der Waals surface area contributed by atoms with Crippen LogP contribution in [0.3, 0.4) is 0 Å². The molecule has 2 rings (SSSR count). The standard InChI is InChI=1S/C15H22N2O4/c18-10-13-4-2-1-3-8-17(13)14(19)5-7-16-15(20)12-6-9-21-11-12/h6,9,11,13,18H,1-5,7-8,10H2,(H,16,20). The number of carbonyl (C=O) groups excluding carboxylic acids is 2. The minimum absolute atomic E-state index is 0.00706. The minimum Gasteiger partial charge on any atom is -0.472 e. The second kappa shape index (κ2) is 7.83. The summed E-state index contributed by atoms with van der Waals surface area (Å²) >= 11 is 0. The summed E-state index contributed by atoms with van der Waals surface area (Å²) in [5.41, 5.74) is 0.449. The number of carbonyl (C=O) groups is 2. The highest BCUT2D eigenvalue weighted by Gasteiger charge is 2.24. The quantitative estimate of drug-likeness (QED) is 0.854. The Hall–Kier alpha value is -1.82. The van der Waals surface area contributed by atoms with E-state index < -0.39 is 0 Å². The highest BCUT2D eigenvalue weighted by molar-refractivity contribution is 5.94. The molecule has 1 aliphatic heterocycles. The average Bonchev–Trinajstić information content (AvgIpc) is 2.92. The van der Waals surface area contributed by atoms with Gasteiger partial charge >= 0.3 is 0 Å². The van der Waals surface area contributed by atoms with E-state index in [9.17, 15) is 14.7 Å². The van der Waals surface area contributed by atoms with Crippen LogP contribution in [0.25, 0.3) is 0 Å². The number of rotatable bonds is 5. The first-order valence-electron chi connectivity index (χ1n) is 7.43. The van der Waals surface area contributed by atoms with E-state index in [1.807, 2.05) is 0 Å². The van der Waals surface area contributed by atoms with Crippen molar-refractivity contribution in [3.8, 4) is 0 Å². The van der Waals surface area contributed by atoms with Crippen molar-refractivity contribution in [2.75, 3.05) is 19.7 Å². The molecule has 0 spiro atoms. The molecule has 1 fully saturated rings. The Morgan fingerprint density at radius 2 is 2.24 bits per heavy atom. The molecule has 0 aromatic carbocycles. The van der Waals surface area contributed by atoms with Crippen molar-refractivity contribution in [2.45, 2.75) is 38.1 Å². The number of nitrogens with one attached hydrogen (secondary N) is 1. The van der Waals surface area contributed by atoms with E-state index in [1.165, 1.54) is 12.5 Å². The van der Waals surface area contributed by atoms with Crippen molar-refractivity contribution in [1.82, 2.24) is 10.2 Å². The van der Waals surface area contributed by atoms with Crippen molar-refractivity contribution >= 4 is 11.8 Å². The third-order valence-corrected chi connectivity index (χ3v) is 3.82. The van der Waals surface area contributed by atoms with Crippen LogP contribution in [0.2, 0.25) is 0 Å². The van der Waals surface area contributed by atoms with E-state index in [4.69, 9.17) is 4.42 Å². The normalized spacial score (nSPS) is 19.1. The number of nitrogens with zero attached hydrogens (tertiary/aromatic N) is 1. The summed E-state index contributed by atoms with van der Waals surface area (Å²) in [6.07, 6.45) is 7.02. The lowest BCUT2D eigenvalue weighted by atomic mass is 10.1. The Morgan fingerprint density at radius 3 is 2.95 bits per heavy atom. The van der Waals surface area contributed by atoms with Crippen LogP contribution in [0.1, 0.15) is 42.5 Å². The first-order valence-corrected chi connectivity index (χ1v) is 7.43. The van der Waals surface area contributed by atoms with E-state index in [0.29, 0.717) is 12.1 Å². The Morgan fingerprint density at radius 1 is 1.38 bits per heavy atom. The van der Waals surface area contributed by atoms with Gasteiger partial charge in [-0.25, -0.2) is 0 Å². The van der Waals surface area contributed by atoms with Crippen LogP contribution in [0.5, 0.6) is 0 Å². The summed E-state index contributed by atoms with van der Waals surface area (Å²) in [7, 11) is 0. The Kier molecular flexibility index (Phi) is 5.80. The molecule has 6 heteroatoms. The van der Waals surface area contributed by atoms with Gasteiger partial charge in [-0.1, -0.05) is 12.8 Å². The van der Waals surface area contributed by atoms with Gasteiger partial charge in [-0.15, -0.1) is 0 Å². The third kappa shape index (κ3) is 4.32. The Balaban J connectivity index is 1.79. The largest absolute Gasteiger partial charge is 0.472 e. The van der Waals surface area contributed by atoms with Crippen molar-refractivity contribution in [2.24, 2.45) is 0 Å². The number of hydrogen-bond donors (Lipinski definition) is 2. The molecule has 2 amide bonds. The summed E-state index contributed by atoms with van der Waals surface area (Å²) in [5, 5.41) is 12.1. The molecule has 1 aromatic rings. The van der Waals surface area contributed by atoms with Gasteiger partial charge in [-0.05, 0) is 18.9 Å². The van der Waals surface area contributed by atoms with Gasteiger partial charge in [-0.3, -0.25) is 9.59 Å². The number of aliphatic hydroxyl groups is 1. The summed E-state index contributed by atoms with van der Waals surface area (Å²) in [4.78, 5) is 25.7. The molecular formula is C15H22N2O4. The molecule has 0 aliphatic carbocycles. The smallest absolute Gasteiger partial charge is 0.254 e. The lowest BCUT2D eigenvalue weighted by Gasteiger charge is -2.28. The summed E-state index contributed by atoms with van der Waals surface area (Å²) in [5.74, 6) is -0.255. The van der Waals surface area contributed by atoms with Gasteiger partial charge in [0.15, 0.2) is 0 Å². The fraction of sp³-hybridized carbons (Fsp3) is 0.600. The van der Waals surface area contributed by atoms with Crippen molar-refractivity contribution in [1.29, 1.82) is 0 Å². The molecule has 2 heterocycles. The first kappa shape index (κ1) is 15.6. The van der Waals surface area contributed by atoms with Crippen LogP contribution in [-0.4, -0.2) is 47.6 Å². The van der Waals surface area contributed by atoms with Crippen molar-refractivity contribution in [3.63, 3.8) is 0 Å². The maximum atomic E-state index is 12.2. The minimum atomic E-state index is -0.244. The highest BCUT2D eigenvalue weighted by atomic mass is 16.3. The van der Waals surface area contributed by atoms with Crippen LogP contribution in [0, 0.1) is 0 Å². The summed E-state index contributed by atoms with van der Waals surface area (Å²) in [6, 6.07) is 1.50. The van der Waals surface area contributed by atoms with Gasteiger partial charge in [0.2, 0.25) is 5.91 Å². The van der Waals surface area contributed by atoms with Gasteiger partial charge in [0.1, 0.15) is 6.26 Å². The van der Waals surface area contributed by atoms with E-state index in [1.54, 1.807) is 11.0 Å². The van der Waals surface area contributed by atoms with E-state index in [-0.39, 0.29) is 37.4 Å². The topological polar surface area (TPSA) is 82.8 Å². The van der Waals surface area contributed by atoms with E-state index >= 15 is 0 Å². The number of furan rings is 1. The second-order valence-electron chi connectivity index (χ2n) is 5.29. The molecule has 0 saturated carbocycles. The first-order chi connectivity index (χ1) is 10.2. The Bertz CT molecular complexity index is 458. The molecular weight excluding hydrogens is 272 g/mol. The molecule has 1 atom stereocenters. The molecule has 116 valence electrons. The average molecular weight is 294 g/mol. The Labute approximate surface area is 124 Å². The number of amides is 2. The maximum Gasteiger partial charge on any atom is 0.254 e. The summed E-state index contributed by atoms with van der Waals surface area (Å²) < 4.78 is 4.84. The number of hydrogen-bond acceptors (Lipinski definition) is 4. The van der Waals surface area contributed by atoms with Crippen LogP contribution < -0.4 is 5.32 Å². The molecule has 1 aliphatic rings. The molecule has 0 bridgehead atoms. The molecule has 2 N–H and O–H groups in total. The molecule has 21 heavy (non-hydrogen) atoms. The third-order valence-electron chi connectivity index (χ3n) is 3.82. The van der Waals surface area contributed by atoms with Gasteiger partial charge in [-0.2, -0.15) is 0 Å². The molecule has 1 unspecified atom stereocenters. The van der Waals surface area contributed by atoms with E-state index in [0.717, 1.165) is 25.7 Å². The monoisotopic (exact) mass is 294 g/mol. The molecule has 1 saturated heterocycles. The number of aliphatic hydroxyl groups excluding tert-OH is 1. The fourth-order valence-electron chi connectivity index (χ4n) is 2.62. The molecule has 1 aromatic heterocycles. The van der Waals surface area contributed by atoms with Crippen LogP contribution >= 0.6 is 0 Å². The van der Waals surface area contributed by atoms with Crippen LogP contribution in [-0.2, 0) is 4.79 Å². The lowest BCUT2D eigenvalue weighted by Crippen LogP contribution is -2.43. The highest BCUT2D eigenvalue weighted by Crippen LogP contribution is 2.17. The van der Waals surface area contributed by atoms with Gasteiger partial charge in [0.05, 0.1) is 24.5 Å². The summed E-state index contributed by atoms with van der Waals surface area (Å²) in [6.45, 7) is 0.990. The number of likely N-dealkylation sites (tertiary alicyclic amines) is 1. The van der Waals surface area contributed by atoms with Gasteiger partial charge in [0.25, 0.3) is 5.91 Å². The fourth-order valence-corrected chi connectivity index (χ4v) is 2.62. The van der Waals surface area contributed by atoms with E-state index in [2.05, 4.69) is 5.32 Å². The maximum absolute atomic E-state index is 12.2. The second-order valence-corrected chi connectivity index (χ2v) is 5.29. The van der Waals surface area contributed by atoms with Crippen LogP contribution in [0.15, 0.2) is 23.0 Å². The van der Waals surface area contributed by atoms with Gasteiger partial charge < -0.3 is 19.7 Å². The predicted molar refractivity (Wildman–Crippen MR) is 76.7 cm³/mol. The predicted octanol–water partition coefficient (Wildman–Crippen LogP) is 1.16. The molecule has 6 nitrogen and oxygen atoms in total. The SMILES string of the molecule is O=C(NCCC(=O)N1CCCCCC1CO)c1ccoc1. The van der Waals surface area contributed by atoms with Gasteiger partial charge in [0, 0.05) is 19.5 Å². The zero-order valence-corrected chi connectivity index (χ0v) is 12.1. The lowest BCUT2D eigenvalue weighted by molar-refractivity contribution is -0.134. The zero-order chi connectivity index (χ0) is 15.1.